The van der Waals surface area contributed by atoms with Crippen LogP contribution in [0.1, 0.15) is 10.4 Å². The molecule has 0 heterocycles. The van der Waals surface area contributed by atoms with Crippen molar-refractivity contribution in [1.82, 2.24) is 0 Å². The molecule has 0 spiro atoms. The van der Waals surface area contributed by atoms with E-state index in [1.54, 1.807) is 0 Å². The average Bonchev–Trinajstić information content (AvgIpc) is 2.35. The molecule has 20 heavy (non-hydrogen) atoms. The molecule has 2 rings (SSSR count). The number of hydrogen-bond acceptors (Lipinski definition) is 3. The van der Waals surface area contributed by atoms with Gasteiger partial charge in [0.05, 0.1) is 16.9 Å². The van der Waals surface area contributed by atoms with E-state index in [0.717, 1.165) is 0 Å². The summed E-state index contributed by atoms with van der Waals surface area (Å²) in [5.41, 5.74) is 4.61. The average molecular weight is 282 g/mol. The first-order valence-electron chi connectivity index (χ1n) is 5.43. The quantitative estimate of drug-likeness (QED) is 0.756. The van der Waals surface area contributed by atoms with Crippen LogP contribution in [-0.4, -0.2) is 11.1 Å². The zero-order valence-electron chi connectivity index (χ0n) is 9.95. The maximum absolute atomic E-state index is 13.5. The lowest BCUT2D eigenvalue weighted by molar-refractivity contribution is 0.0698. The largest absolute Gasteiger partial charge is 0.478 e. The molecule has 0 aliphatic carbocycles. The van der Waals surface area contributed by atoms with Crippen molar-refractivity contribution >= 4 is 23.0 Å². The van der Waals surface area contributed by atoms with Crippen LogP contribution in [0, 0.1) is 17.5 Å². The Hall–Kier alpha value is -2.70. The summed E-state index contributed by atoms with van der Waals surface area (Å²) in [7, 11) is 0. The van der Waals surface area contributed by atoms with E-state index < -0.39 is 29.1 Å². The minimum atomic E-state index is -1.27. The van der Waals surface area contributed by atoms with E-state index in [0.29, 0.717) is 12.1 Å². The van der Waals surface area contributed by atoms with E-state index in [2.05, 4.69) is 5.32 Å². The topological polar surface area (TPSA) is 75.3 Å². The van der Waals surface area contributed by atoms with Crippen molar-refractivity contribution in [2.24, 2.45) is 0 Å². The van der Waals surface area contributed by atoms with Crippen molar-refractivity contribution < 1.29 is 23.1 Å². The maximum atomic E-state index is 13.5. The number of aromatic carboxylic acids is 1. The van der Waals surface area contributed by atoms with Crippen LogP contribution in [0.2, 0.25) is 0 Å². The molecule has 0 bridgehead atoms. The minimum Gasteiger partial charge on any atom is -0.478 e. The predicted molar refractivity (Wildman–Crippen MR) is 67.4 cm³/mol. The molecular formula is C13H9F3N2O2. The molecule has 7 heteroatoms. The third kappa shape index (κ3) is 2.51. The van der Waals surface area contributed by atoms with Crippen LogP contribution in [0.3, 0.4) is 0 Å². The third-order valence-corrected chi connectivity index (χ3v) is 2.60. The first kappa shape index (κ1) is 13.7. The van der Waals surface area contributed by atoms with Crippen molar-refractivity contribution in [3.05, 3.63) is 53.3 Å². The number of nitrogen functional groups attached to an aromatic ring is 1. The third-order valence-electron chi connectivity index (χ3n) is 2.60. The summed E-state index contributed by atoms with van der Waals surface area (Å²) in [4.78, 5) is 10.9. The lowest BCUT2D eigenvalue weighted by Gasteiger charge is -2.12. The SMILES string of the molecule is Nc1c(Nc2c(F)cc(F)cc2F)cccc1C(=O)O. The molecule has 0 radical (unpaired) electrons. The molecule has 4 N–H and O–H groups in total. The van der Waals surface area contributed by atoms with Gasteiger partial charge in [-0.2, -0.15) is 0 Å². The first-order chi connectivity index (χ1) is 9.40. The van der Waals surface area contributed by atoms with Gasteiger partial charge in [-0.3, -0.25) is 0 Å². The zero-order chi connectivity index (χ0) is 14.9. The molecule has 4 nitrogen and oxygen atoms in total. The second kappa shape index (κ2) is 5.12. The van der Waals surface area contributed by atoms with E-state index in [1.165, 1.54) is 18.2 Å². The summed E-state index contributed by atoms with van der Waals surface area (Å²) in [5.74, 6) is -4.63. The summed E-state index contributed by atoms with van der Waals surface area (Å²) >= 11 is 0. The number of hydrogen-bond donors (Lipinski definition) is 3. The van der Waals surface area contributed by atoms with Gasteiger partial charge in [-0.1, -0.05) is 6.07 Å². The summed E-state index contributed by atoms with van der Waals surface area (Å²) in [6.07, 6.45) is 0. The monoisotopic (exact) mass is 282 g/mol. The van der Waals surface area contributed by atoms with Gasteiger partial charge in [0.25, 0.3) is 0 Å². The second-order valence-corrected chi connectivity index (χ2v) is 3.94. The molecule has 2 aromatic carbocycles. The zero-order valence-corrected chi connectivity index (χ0v) is 9.95. The summed E-state index contributed by atoms with van der Waals surface area (Å²) in [6.45, 7) is 0. The van der Waals surface area contributed by atoms with Crippen molar-refractivity contribution in [2.45, 2.75) is 0 Å². The number of carbonyl (C=O) groups is 1. The highest BCUT2D eigenvalue weighted by Gasteiger charge is 2.15. The van der Waals surface area contributed by atoms with Gasteiger partial charge in [0, 0.05) is 12.1 Å². The van der Waals surface area contributed by atoms with Gasteiger partial charge in [-0.25, -0.2) is 18.0 Å². The number of benzene rings is 2. The molecule has 0 atom stereocenters. The van der Waals surface area contributed by atoms with Gasteiger partial charge in [0.15, 0.2) is 11.6 Å². The molecule has 0 fully saturated rings. The Morgan fingerprint density at radius 3 is 2.30 bits per heavy atom. The van der Waals surface area contributed by atoms with Gasteiger partial charge in [0.2, 0.25) is 0 Å². The number of nitrogens with one attached hydrogen (secondary N) is 1. The number of anilines is 3. The Labute approximate surface area is 111 Å². The van der Waals surface area contributed by atoms with Crippen LogP contribution in [0.25, 0.3) is 0 Å². The Kier molecular flexibility index (Phi) is 3.51. The minimum absolute atomic E-state index is 0.00862. The van der Waals surface area contributed by atoms with Gasteiger partial charge >= 0.3 is 5.97 Å². The second-order valence-electron chi connectivity index (χ2n) is 3.94. The first-order valence-corrected chi connectivity index (χ1v) is 5.43. The van der Waals surface area contributed by atoms with Crippen LogP contribution in [0.5, 0.6) is 0 Å². The van der Waals surface area contributed by atoms with Gasteiger partial charge in [-0.05, 0) is 12.1 Å². The van der Waals surface area contributed by atoms with Crippen molar-refractivity contribution in [1.29, 1.82) is 0 Å². The van der Waals surface area contributed by atoms with Crippen molar-refractivity contribution in [3.8, 4) is 0 Å². The highest BCUT2D eigenvalue weighted by molar-refractivity contribution is 5.97. The number of nitrogens with two attached hydrogens (primary N) is 1. The smallest absolute Gasteiger partial charge is 0.337 e. The van der Waals surface area contributed by atoms with E-state index in [-0.39, 0.29) is 16.9 Å². The number of para-hydroxylation sites is 1. The van der Waals surface area contributed by atoms with Crippen LogP contribution in [-0.2, 0) is 0 Å². The molecule has 0 aliphatic heterocycles. The van der Waals surface area contributed by atoms with Gasteiger partial charge in [-0.15, -0.1) is 0 Å². The number of carboxylic acid groups (broad SMARTS) is 1. The van der Waals surface area contributed by atoms with Gasteiger partial charge in [0.1, 0.15) is 11.5 Å². The van der Waals surface area contributed by atoms with E-state index in [9.17, 15) is 18.0 Å². The Morgan fingerprint density at radius 2 is 1.75 bits per heavy atom. The van der Waals surface area contributed by atoms with Gasteiger partial charge < -0.3 is 16.2 Å². The highest BCUT2D eigenvalue weighted by atomic mass is 19.1. The lowest BCUT2D eigenvalue weighted by atomic mass is 10.1. The summed E-state index contributed by atoms with van der Waals surface area (Å²) in [6, 6.07) is 4.97. The van der Waals surface area contributed by atoms with Crippen LogP contribution < -0.4 is 11.1 Å². The maximum Gasteiger partial charge on any atom is 0.337 e. The lowest BCUT2D eigenvalue weighted by Crippen LogP contribution is -2.06. The van der Waals surface area contributed by atoms with E-state index in [1.807, 2.05) is 0 Å². The molecule has 2 aromatic rings. The Balaban J connectivity index is 2.46. The summed E-state index contributed by atoms with van der Waals surface area (Å²) < 4.78 is 39.8. The number of carboxylic acids is 1. The highest BCUT2D eigenvalue weighted by Crippen LogP contribution is 2.29. The summed E-state index contributed by atoms with van der Waals surface area (Å²) in [5, 5.41) is 11.2. The molecule has 0 saturated carbocycles. The molecule has 0 saturated heterocycles. The fourth-order valence-corrected chi connectivity index (χ4v) is 1.66. The predicted octanol–water partition coefficient (Wildman–Crippen LogP) is 3.13. The molecule has 0 amide bonds. The van der Waals surface area contributed by atoms with Crippen LogP contribution in [0.15, 0.2) is 30.3 Å². The normalized spacial score (nSPS) is 10.3. The fraction of sp³-hybridized carbons (Fsp3) is 0. The van der Waals surface area contributed by atoms with Crippen molar-refractivity contribution in [3.63, 3.8) is 0 Å². The standard InChI is InChI=1S/C13H9F3N2O2/c14-6-4-8(15)12(9(16)5-6)18-10-3-1-2-7(11(10)17)13(19)20/h1-5,18H,17H2,(H,19,20). The molecule has 104 valence electrons. The Bertz CT molecular complexity index is 666. The molecule has 0 aliphatic rings. The molecule has 0 aromatic heterocycles. The number of rotatable bonds is 3. The Morgan fingerprint density at radius 1 is 1.15 bits per heavy atom. The molecular weight excluding hydrogens is 273 g/mol. The molecule has 0 unspecified atom stereocenters. The van der Waals surface area contributed by atoms with Crippen LogP contribution in [0.4, 0.5) is 30.2 Å². The van der Waals surface area contributed by atoms with E-state index in [4.69, 9.17) is 10.8 Å². The number of halogens is 3. The van der Waals surface area contributed by atoms with Crippen LogP contribution >= 0.6 is 0 Å². The van der Waals surface area contributed by atoms with Crippen molar-refractivity contribution in [2.75, 3.05) is 11.1 Å². The van der Waals surface area contributed by atoms with E-state index >= 15 is 0 Å². The fourth-order valence-electron chi connectivity index (χ4n) is 1.66.